The van der Waals surface area contributed by atoms with E-state index in [0.29, 0.717) is 5.92 Å². The van der Waals surface area contributed by atoms with E-state index in [-0.39, 0.29) is 0 Å². The maximum absolute atomic E-state index is 4.21. The van der Waals surface area contributed by atoms with E-state index in [1.54, 1.807) is 0 Å². The monoisotopic (exact) mass is 240 g/mol. The van der Waals surface area contributed by atoms with Crippen LogP contribution in [0.4, 0.5) is 0 Å². The van der Waals surface area contributed by atoms with E-state index in [2.05, 4.69) is 34.4 Å². The summed E-state index contributed by atoms with van der Waals surface area (Å²) in [5.74, 6) is 1.60. The van der Waals surface area contributed by atoms with E-state index in [4.69, 9.17) is 0 Å². The third kappa shape index (κ3) is 5.91. The highest BCUT2D eigenvalue weighted by atomic mass is 15.2. The zero-order valence-corrected chi connectivity index (χ0v) is 11.6. The average Bonchev–Trinajstić information content (AvgIpc) is 2.82. The molecular formula is C13H28N4. The molecule has 100 valence electrons. The Hall–Kier alpha value is -0.770. The van der Waals surface area contributed by atoms with Crippen molar-refractivity contribution in [1.82, 2.24) is 15.5 Å². The van der Waals surface area contributed by atoms with Crippen LogP contribution >= 0.6 is 0 Å². The Morgan fingerprint density at radius 3 is 2.59 bits per heavy atom. The summed E-state index contributed by atoms with van der Waals surface area (Å²) in [5, 5.41) is 6.68. The van der Waals surface area contributed by atoms with E-state index in [9.17, 15) is 0 Å². The summed E-state index contributed by atoms with van der Waals surface area (Å²) in [6, 6.07) is 0. The molecule has 0 aromatic carbocycles. The molecule has 1 rings (SSSR count). The minimum absolute atomic E-state index is 0.674. The van der Waals surface area contributed by atoms with Gasteiger partial charge in [0.2, 0.25) is 0 Å². The molecule has 1 atom stereocenters. The van der Waals surface area contributed by atoms with Crippen LogP contribution in [0, 0.1) is 5.92 Å². The van der Waals surface area contributed by atoms with Crippen molar-refractivity contribution in [2.45, 2.75) is 33.1 Å². The first kappa shape index (κ1) is 14.3. The molecule has 0 saturated carbocycles. The zero-order chi connectivity index (χ0) is 12.5. The van der Waals surface area contributed by atoms with Gasteiger partial charge >= 0.3 is 0 Å². The smallest absolute Gasteiger partial charge is 0.190 e. The molecule has 1 unspecified atom stereocenters. The summed E-state index contributed by atoms with van der Waals surface area (Å²) >= 11 is 0. The Bertz CT molecular complexity index is 221. The van der Waals surface area contributed by atoms with Gasteiger partial charge in [0.05, 0.1) is 0 Å². The van der Waals surface area contributed by atoms with Crippen molar-refractivity contribution in [1.29, 1.82) is 0 Å². The van der Waals surface area contributed by atoms with Crippen molar-refractivity contribution < 1.29 is 0 Å². The number of hydrogen-bond donors (Lipinski definition) is 2. The maximum atomic E-state index is 4.21. The van der Waals surface area contributed by atoms with E-state index >= 15 is 0 Å². The average molecular weight is 240 g/mol. The van der Waals surface area contributed by atoms with Crippen LogP contribution in [0.3, 0.4) is 0 Å². The van der Waals surface area contributed by atoms with Crippen LogP contribution in [-0.2, 0) is 0 Å². The Balaban J connectivity index is 2.14. The lowest BCUT2D eigenvalue weighted by Crippen LogP contribution is -2.41. The molecule has 17 heavy (non-hydrogen) atoms. The molecule has 0 aromatic heterocycles. The van der Waals surface area contributed by atoms with Crippen LogP contribution in [-0.4, -0.2) is 50.6 Å². The lowest BCUT2D eigenvalue weighted by Gasteiger charge is -2.21. The standard InChI is InChI=1S/C13H28N4/c1-4-7-15-13(14-3)16-10-12(2)11-17-8-5-6-9-17/h12H,4-11H2,1-3H3,(H2,14,15,16). The van der Waals surface area contributed by atoms with Gasteiger partial charge in [-0.05, 0) is 38.3 Å². The molecule has 4 nitrogen and oxygen atoms in total. The predicted octanol–water partition coefficient (Wildman–Crippen LogP) is 1.29. The lowest BCUT2D eigenvalue weighted by atomic mass is 10.1. The van der Waals surface area contributed by atoms with Gasteiger partial charge < -0.3 is 15.5 Å². The number of hydrogen-bond acceptors (Lipinski definition) is 2. The fourth-order valence-electron chi connectivity index (χ4n) is 2.21. The van der Waals surface area contributed by atoms with Crippen molar-refractivity contribution in [2.75, 3.05) is 39.8 Å². The Morgan fingerprint density at radius 2 is 2.00 bits per heavy atom. The molecule has 0 radical (unpaired) electrons. The van der Waals surface area contributed by atoms with E-state index in [0.717, 1.165) is 25.5 Å². The van der Waals surface area contributed by atoms with Crippen molar-refractivity contribution in [2.24, 2.45) is 10.9 Å². The molecule has 0 aliphatic carbocycles. The number of guanidine groups is 1. The number of nitrogens with zero attached hydrogens (tertiary/aromatic N) is 2. The van der Waals surface area contributed by atoms with Crippen LogP contribution in [0.25, 0.3) is 0 Å². The molecule has 4 heteroatoms. The van der Waals surface area contributed by atoms with Gasteiger partial charge in [0.1, 0.15) is 0 Å². The maximum Gasteiger partial charge on any atom is 0.190 e. The topological polar surface area (TPSA) is 39.7 Å². The Labute approximate surface area is 106 Å². The molecule has 2 N–H and O–H groups in total. The molecule has 0 amide bonds. The van der Waals surface area contributed by atoms with Crippen LogP contribution in [0.15, 0.2) is 4.99 Å². The molecular weight excluding hydrogens is 212 g/mol. The van der Waals surface area contributed by atoms with Gasteiger partial charge in [-0.2, -0.15) is 0 Å². The molecule has 0 bridgehead atoms. The highest BCUT2D eigenvalue weighted by Crippen LogP contribution is 2.09. The van der Waals surface area contributed by atoms with E-state index in [1.165, 1.54) is 32.5 Å². The van der Waals surface area contributed by atoms with E-state index < -0.39 is 0 Å². The molecule has 1 heterocycles. The Kier molecular flexibility index (Phi) is 7.01. The summed E-state index contributed by atoms with van der Waals surface area (Å²) in [6.07, 6.45) is 3.88. The number of aliphatic imine (C=N–C) groups is 1. The van der Waals surface area contributed by atoms with Crippen molar-refractivity contribution in [3.63, 3.8) is 0 Å². The van der Waals surface area contributed by atoms with Gasteiger partial charge in [0.25, 0.3) is 0 Å². The minimum atomic E-state index is 0.674. The highest BCUT2D eigenvalue weighted by molar-refractivity contribution is 5.79. The molecule has 1 aliphatic rings. The van der Waals surface area contributed by atoms with Crippen molar-refractivity contribution >= 4 is 5.96 Å². The summed E-state index contributed by atoms with van der Waals surface area (Å²) in [5.41, 5.74) is 0. The number of nitrogens with one attached hydrogen (secondary N) is 2. The summed E-state index contributed by atoms with van der Waals surface area (Å²) < 4.78 is 0. The third-order valence-electron chi connectivity index (χ3n) is 3.15. The fraction of sp³-hybridized carbons (Fsp3) is 0.923. The first-order valence-corrected chi connectivity index (χ1v) is 6.93. The molecule has 1 aliphatic heterocycles. The number of rotatable bonds is 6. The van der Waals surface area contributed by atoms with Crippen molar-refractivity contribution in [3.05, 3.63) is 0 Å². The van der Waals surface area contributed by atoms with Gasteiger partial charge in [0, 0.05) is 26.7 Å². The van der Waals surface area contributed by atoms with Gasteiger partial charge in [0.15, 0.2) is 5.96 Å². The summed E-state index contributed by atoms with van der Waals surface area (Å²) in [4.78, 5) is 6.77. The zero-order valence-electron chi connectivity index (χ0n) is 11.6. The van der Waals surface area contributed by atoms with Gasteiger partial charge in [-0.1, -0.05) is 13.8 Å². The van der Waals surface area contributed by atoms with Crippen LogP contribution in [0.2, 0.25) is 0 Å². The van der Waals surface area contributed by atoms with E-state index in [1.807, 2.05) is 7.05 Å². The van der Waals surface area contributed by atoms with Gasteiger partial charge in [-0.25, -0.2) is 0 Å². The highest BCUT2D eigenvalue weighted by Gasteiger charge is 2.14. The molecule has 1 saturated heterocycles. The van der Waals surface area contributed by atoms with Gasteiger partial charge in [-0.15, -0.1) is 0 Å². The molecule has 0 aromatic rings. The van der Waals surface area contributed by atoms with Crippen LogP contribution in [0.1, 0.15) is 33.1 Å². The van der Waals surface area contributed by atoms with Crippen LogP contribution < -0.4 is 10.6 Å². The van der Waals surface area contributed by atoms with Crippen LogP contribution in [0.5, 0.6) is 0 Å². The quantitative estimate of drug-likeness (QED) is 0.543. The lowest BCUT2D eigenvalue weighted by molar-refractivity contribution is 0.287. The first-order chi connectivity index (χ1) is 8.26. The second-order valence-corrected chi connectivity index (χ2v) is 4.99. The summed E-state index contributed by atoms with van der Waals surface area (Å²) in [7, 11) is 1.83. The Morgan fingerprint density at radius 1 is 1.29 bits per heavy atom. The first-order valence-electron chi connectivity index (χ1n) is 6.93. The number of likely N-dealkylation sites (tertiary alicyclic amines) is 1. The normalized spacial score (nSPS) is 19.4. The minimum Gasteiger partial charge on any atom is -0.356 e. The molecule has 0 spiro atoms. The second kappa shape index (κ2) is 8.34. The predicted molar refractivity (Wildman–Crippen MR) is 74.5 cm³/mol. The molecule has 1 fully saturated rings. The summed E-state index contributed by atoms with van der Waals surface area (Å²) in [6.45, 7) is 10.2. The largest absolute Gasteiger partial charge is 0.356 e. The fourth-order valence-corrected chi connectivity index (χ4v) is 2.21. The SMILES string of the molecule is CCCNC(=NC)NCC(C)CN1CCCC1. The van der Waals surface area contributed by atoms with Gasteiger partial charge in [-0.3, -0.25) is 4.99 Å². The second-order valence-electron chi connectivity index (χ2n) is 4.99. The third-order valence-corrected chi connectivity index (χ3v) is 3.15. The van der Waals surface area contributed by atoms with Crippen molar-refractivity contribution in [3.8, 4) is 0 Å².